The average molecular weight is 377 g/mol. The van der Waals surface area contributed by atoms with Crippen molar-refractivity contribution in [1.82, 2.24) is 19.5 Å². The molecule has 2 heterocycles. The Morgan fingerprint density at radius 2 is 2.04 bits per heavy atom. The minimum Gasteiger partial charge on any atom is -0.494 e. The van der Waals surface area contributed by atoms with E-state index in [0.717, 1.165) is 19.4 Å². The summed E-state index contributed by atoms with van der Waals surface area (Å²) in [6, 6.07) is 6.82. The van der Waals surface area contributed by atoms with Gasteiger partial charge in [0.1, 0.15) is 17.6 Å². The van der Waals surface area contributed by atoms with E-state index in [9.17, 15) is 4.57 Å². The van der Waals surface area contributed by atoms with Crippen molar-refractivity contribution in [2.24, 2.45) is 0 Å². The van der Waals surface area contributed by atoms with Gasteiger partial charge in [-0.25, -0.2) is 15.0 Å². The van der Waals surface area contributed by atoms with Crippen LogP contribution in [0.25, 0.3) is 11.2 Å². The van der Waals surface area contributed by atoms with Gasteiger partial charge in [0.15, 0.2) is 11.5 Å². The zero-order chi connectivity index (χ0) is 18.6. The molecule has 26 heavy (non-hydrogen) atoms. The number of benzene rings is 1. The van der Waals surface area contributed by atoms with Crippen molar-refractivity contribution in [3.8, 4) is 5.75 Å². The Morgan fingerprint density at radius 3 is 2.85 bits per heavy atom. The van der Waals surface area contributed by atoms with E-state index in [4.69, 9.17) is 20.3 Å². The Hall–Kier alpha value is -2.48. The third kappa shape index (κ3) is 4.78. The summed E-state index contributed by atoms with van der Waals surface area (Å²) in [7, 11) is -4.08. The number of nitrogens with two attached hydrogens (primary N) is 1. The Balaban J connectivity index is 1.48. The SMILES string of the molecule is Nc1ncnc2c1ncn2CCCCOc1cccc(CP(=O)(O)O)c1. The maximum absolute atomic E-state index is 11.1. The lowest BCUT2D eigenvalue weighted by atomic mass is 10.2. The number of imidazole rings is 1. The lowest BCUT2D eigenvalue weighted by molar-refractivity contribution is 0.303. The molecule has 1 aromatic carbocycles. The molecule has 9 nitrogen and oxygen atoms in total. The molecule has 0 radical (unpaired) electrons. The molecular weight excluding hydrogens is 357 g/mol. The monoisotopic (exact) mass is 377 g/mol. The Labute approximate surface area is 150 Å². The second-order valence-electron chi connectivity index (χ2n) is 5.89. The number of unbranched alkanes of at least 4 members (excludes halogenated alkanes) is 1. The number of hydrogen-bond acceptors (Lipinski definition) is 6. The van der Waals surface area contributed by atoms with Crippen LogP contribution < -0.4 is 10.5 Å². The van der Waals surface area contributed by atoms with Crippen molar-refractivity contribution < 1.29 is 19.1 Å². The first kappa shape index (κ1) is 18.3. The molecular formula is C16H20N5O4P. The molecule has 4 N–H and O–H groups in total. The first-order valence-electron chi connectivity index (χ1n) is 8.10. The van der Waals surface area contributed by atoms with Crippen LogP contribution in [0.3, 0.4) is 0 Å². The van der Waals surface area contributed by atoms with Gasteiger partial charge in [-0.05, 0) is 30.5 Å². The minimum atomic E-state index is -4.08. The first-order chi connectivity index (χ1) is 12.4. The molecule has 0 bridgehead atoms. The van der Waals surface area contributed by atoms with Gasteiger partial charge in [-0.2, -0.15) is 0 Å². The molecule has 0 unspecified atom stereocenters. The molecule has 0 fully saturated rings. The van der Waals surface area contributed by atoms with Gasteiger partial charge in [-0.15, -0.1) is 0 Å². The predicted octanol–water partition coefficient (Wildman–Crippen LogP) is 1.95. The van der Waals surface area contributed by atoms with Crippen molar-refractivity contribution in [3.63, 3.8) is 0 Å². The third-order valence-electron chi connectivity index (χ3n) is 3.78. The van der Waals surface area contributed by atoms with Crippen molar-refractivity contribution in [2.75, 3.05) is 12.3 Å². The van der Waals surface area contributed by atoms with E-state index in [1.54, 1.807) is 30.6 Å². The fraction of sp³-hybridized carbons (Fsp3) is 0.312. The molecule has 3 rings (SSSR count). The lowest BCUT2D eigenvalue weighted by Crippen LogP contribution is -2.03. The molecule has 0 saturated heterocycles. The predicted molar refractivity (Wildman–Crippen MR) is 96.7 cm³/mol. The largest absolute Gasteiger partial charge is 0.494 e. The van der Waals surface area contributed by atoms with Crippen LogP contribution in [-0.4, -0.2) is 35.9 Å². The van der Waals surface area contributed by atoms with Crippen molar-refractivity contribution in [2.45, 2.75) is 25.5 Å². The van der Waals surface area contributed by atoms with Gasteiger partial charge in [0.05, 0.1) is 19.1 Å². The highest BCUT2D eigenvalue weighted by molar-refractivity contribution is 7.50. The molecule has 2 aromatic heterocycles. The van der Waals surface area contributed by atoms with E-state index in [-0.39, 0.29) is 6.16 Å². The maximum atomic E-state index is 11.1. The molecule has 0 spiro atoms. The number of aryl methyl sites for hydroxylation is 1. The summed E-state index contributed by atoms with van der Waals surface area (Å²) in [5.41, 5.74) is 7.63. The van der Waals surface area contributed by atoms with Gasteiger partial charge in [0.25, 0.3) is 0 Å². The number of hydrogen-bond donors (Lipinski definition) is 3. The zero-order valence-electron chi connectivity index (χ0n) is 14.0. The number of rotatable bonds is 8. The molecule has 138 valence electrons. The molecule has 0 aliphatic carbocycles. The Bertz CT molecular complexity index is 939. The van der Waals surface area contributed by atoms with Gasteiger partial charge in [-0.3, -0.25) is 4.57 Å². The molecule has 0 amide bonds. The molecule has 0 aliphatic rings. The van der Waals surface area contributed by atoms with Crippen LogP contribution in [-0.2, 0) is 17.3 Å². The molecule has 0 saturated carbocycles. The van der Waals surface area contributed by atoms with Crippen LogP contribution in [0.1, 0.15) is 18.4 Å². The number of nitrogens with zero attached hydrogens (tertiary/aromatic N) is 4. The molecule has 0 aliphatic heterocycles. The zero-order valence-corrected chi connectivity index (χ0v) is 14.9. The maximum Gasteiger partial charge on any atom is 0.329 e. The number of anilines is 1. The van der Waals surface area contributed by atoms with Crippen LogP contribution in [0.15, 0.2) is 36.9 Å². The van der Waals surface area contributed by atoms with E-state index >= 15 is 0 Å². The smallest absolute Gasteiger partial charge is 0.329 e. The summed E-state index contributed by atoms with van der Waals surface area (Å²) >= 11 is 0. The molecule has 10 heteroatoms. The molecule has 0 atom stereocenters. The Morgan fingerprint density at radius 1 is 1.19 bits per heavy atom. The van der Waals surface area contributed by atoms with Crippen LogP contribution in [0.5, 0.6) is 5.75 Å². The van der Waals surface area contributed by atoms with Gasteiger partial charge in [-0.1, -0.05) is 12.1 Å². The first-order valence-corrected chi connectivity index (χ1v) is 9.90. The van der Waals surface area contributed by atoms with Gasteiger partial charge < -0.3 is 24.8 Å². The average Bonchev–Trinajstić information content (AvgIpc) is 2.98. The van der Waals surface area contributed by atoms with E-state index in [1.807, 2.05) is 4.57 Å². The Kier molecular flexibility index (Phi) is 5.51. The van der Waals surface area contributed by atoms with Gasteiger partial charge in [0.2, 0.25) is 0 Å². The summed E-state index contributed by atoms with van der Waals surface area (Å²) in [5, 5.41) is 0. The van der Waals surface area contributed by atoms with Crippen LogP contribution >= 0.6 is 7.60 Å². The summed E-state index contributed by atoms with van der Waals surface area (Å²) < 4.78 is 18.7. The fourth-order valence-corrected chi connectivity index (χ4v) is 3.28. The highest BCUT2D eigenvalue weighted by atomic mass is 31.2. The lowest BCUT2D eigenvalue weighted by Gasteiger charge is -2.09. The van der Waals surface area contributed by atoms with Crippen LogP contribution in [0, 0.1) is 0 Å². The van der Waals surface area contributed by atoms with E-state index < -0.39 is 7.60 Å². The standard InChI is InChI=1S/C16H20N5O4P/c17-15-14-16(19-10-18-15)21(11-20-14)6-1-2-7-25-13-5-3-4-12(8-13)9-26(22,23)24/h3-5,8,10-11H,1-2,6-7,9H2,(H2,17,18,19)(H2,22,23,24). The van der Waals surface area contributed by atoms with Gasteiger partial charge in [0, 0.05) is 6.54 Å². The number of ether oxygens (including phenoxy) is 1. The third-order valence-corrected chi connectivity index (χ3v) is 4.56. The van der Waals surface area contributed by atoms with E-state index in [1.165, 1.54) is 6.33 Å². The highest BCUT2D eigenvalue weighted by Gasteiger charge is 2.14. The number of aromatic nitrogens is 4. The minimum absolute atomic E-state index is 0.289. The van der Waals surface area contributed by atoms with Gasteiger partial charge >= 0.3 is 7.60 Å². The summed E-state index contributed by atoms with van der Waals surface area (Å²) in [6.45, 7) is 1.23. The number of fused-ring (bicyclic) bond motifs is 1. The highest BCUT2D eigenvalue weighted by Crippen LogP contribution is 2.39. The fourth-order valence-electron chi connectivity index (χ4n) is 2.61. The second kappa shape index (κ2) is 7.82. The van der Waals surface area contributed by atoms with Crippen LogP contribution in [0.4, 0.5) is 5.82 Å². The van der Waals surface area contributed by atoms with E-state index in [0.29, 0.717) is 34.9 Å². The quantitative estimate of drug-likeness (QED) is 0.400. The van der Waals surface area contributed by atoms with Crippen molar-refractivity contribution in [1.29, 1.82) is 0 Å². The van der Waals surface area contributed by atoms with Crippen LogP contribution in [0.2, 0.25) is 0 Å². The second-order valence-corrected chi connectivity index (χ2v) is 7.54. The summed E-state index contributed by atoms with van der Waals surface area (Å²) in [5.74, 6) is 0.969. The van der Waals surface area contributed by atoms with Crippen molar-refractivity contribution in [3.05, 3.63) is 42.5 Å². The number of nitrogen functional groups attached to an aromatic ring is 1. The summed E-state index contributed by atoms with van der Waals surface area (Å²) in [4.78, 5) is 30.4. The van der Waals surface area contributed by atoms with Crippen molar-refractivity contribution >= 4 is 24.6 Å². The topological polar surface area (TPSA) is 136 Å². The molecule has 3 aromatic rings. The van der Waals surface area contributed by atoms with E-state index in [2.05, 4.69) is 15.0 Å². The normalized spacial score (nSPS) is 11.8. The summed E-state index contributed by atoms with van der Waals surface area (Å²) in [6.07, 6.45) is 4.50.